The summed E-state index contributed by atoms with van der Waals surface area (Å²) in [7, 11) is 1.69. The number of nitrogens with one attached hydrogen (secondary N) is 1. The van der Waals surface area contributed by atoms with E-state index in [0.717, 1.165) is 5.39 Å². The van der Waals surface area contributed by atoms with Gasteiger partial charge in [-0.25, -0.2) is 4.79 Å². The van der Waals surface area contributed by atoms with Gasteiger partial charge in [-0.05, 0) is 36.4 Å². The van der Waals surface area contributed by atoms with Crippen LogP contribution >= 0.6 is 11.6 Å². The first kappa shape index (κ1) is 15.1. The van der Waals surface area contributed by atoms with E-state index in [1.165, 1.54) is 4.57 Å². The third kappa shape index (κ3) is 2.64. The first-order valence-corrected chi connectivity index (χ1v) is 7.19. The van der Waals surface area contributed by atoms with Crippen molar-refractivity contribution in [2.75, 3.05) is 12.4 Å². The van der Waals surface area contributed by atoms with Crippen LogP contribution in [-0.2, 0) is 0 Å². The van der Waals surface area contributed by atoms with E-state index in [-0.39, 0.29) is 0 Å². The minimum Gasteiger partial charge on any atom is -0.372 e. The van der Waals surface area contributed by atoms with E-state index in [1.807, 2.05) is 0 Å². The van der Waals surface area contributed by atoms with Crippen molar-refractivity contribution >= 4 is 34.2 Å². The quantitative estimate of drug-likeness (QED) is 0.771. The average Bonchev–Trinajstić information content (AvgIpc) is 2.53. The summed E-state index contributed by atoms with van der Waals surface area (Å²) in [5.41, 5.74) is 6.22. The molecule has 116 valence electrons. The first-order valence-electron chi connectivity index (χ1n) is 6.81. The predicted molar refractivity (Wildman–Crippen MR) is 90.4 cm³/mol. The van der Waals surface area contributed by atoms with Gasteiger partial charge in [0.2, 0.25) is 5.91 Å². The van der Waals surface area contributed by atoms with Gasteiger partial charge in [0.05, 0.1) is 11.2 Å². The van der Waals surface area contributed by atoms with Crippen LogP contribution in [-0.4, -0.2) is 22.5 Å². The predicted octanol–water partition coefficient (Wildman–Crippen LogP) is 2.18. The van der Waals surface area contributed by atoms with Crippen molar-refractivity contribution in [2.24, 2.45) is 5.73 Å². The smallest absolute Gasteiger partial charge is 0.354 e. The van der Waals surface area contributed by atoms with Gasteiger partial charge in [0.15, 0.2) is 0 Å². The molecule has 1 heterocycles. The van der Waals surface area contributed by atoms with Crippen molar-refractivity contribution in [3.63, 3.8) is 0 Å². The third-order valence-corrected chi connectivity index (χ3v) is 3.72. The van der Waals surface area contributed by atoms with E-state index >= 15 is 0 Å². The Kier molecular flexibility index (Phi) is 3.75. The van der Waals surface area contributed by atoms with E-state index in [4.69, 9.17) is 17.3 Å². The van der Waals surface area contributed by atoms with Gasteiger partial charge in [0.25, 0.3) is 0 Å². The minimum atomic E-state index is -0.568. The van der Waals surface area contributed by atoms with Crippen molar-refractivity contribution in [3.05, 3.63) is 63.5 Å². The number of fused-ring (bicyclic) bond motifs is 1. The number of nitrogens with zero attached hydrogens (tertiary/aromatic N) is 2. The Bertz CT molecular complexity index is 981. The molecule has 0 aliphatic rings. The van der Waals surface area contributed by atoms with Gasteiger partial charge in [-0.2, -0.15) is 4.98 Å². The fourth-order valence-electron chi connectivity index (χ4n) is 2.44. The topological polar surface area (TPSA) is 90.0 Å². The molecule has 0 saturated carbocycles. The summed E-state index contributed by atoms with van der Waals surface area (Å²) in [6.07, 6.45) is 0. The summed E-state index contributed by atoms with van der Waals surface area (Å²) in [6, 6.07) is 11.7. The molecule has 3 aromatic rings. The Balaban J connectivity index is 2.40. The Morgan fingerprint density at radius 3 is 2.74 bits per heavy atom. The lowest BCUT2D eigenvalue weighted by Crippen LogP contribution is -2.23. The molecule has 0 aliphatic carbocycles. The Morgan fingerprint density at radius 1 is 1.26 bits per heavy atom. The zero-order valence-electron chi connectivity index (χ0n) is 12.2. The average molecular weight is 329 g/mol. The molecule has 6 nitrogen and oxygen atoms in total. The van der Waals surface area contributed by atoms with Crippen LogP contribution in [0.15, 0.2) is 47.3 Å². The molecule has 0 fully saturated rings. The van der Waals surface area contributed by atoms with Crippen LogP contribution < -0.4 is 16.7 Å². The minimum absolute atomic E-state index is 0.308. The van der Waals surface area contributed by atoms with Crippen molar-refractivity contribution in [1.82, 2.24) is 9.55 Å². The highest BCUT2D eigenvalue weighted by Gasteiger charge is 2.13. The number of primary amides is 1. The van der Waals surface area contributed by atoms with E-state index < -0.39 is 11.6 Å². The molecule has 0 aliphatic heterocycles. The van der Waals surface area contributed by atoms with Crippen LogP contribution in [0.5, 0.6) is 0 Å². The van der Waals surface area contributed by atoms with E-state index in [0.29, 0.717) is 27.6 Å². The summed E-state index contributed by atoms with van der Waals surface area (Å²) >= 11 is 6.08. The molecular weight excluding hydrogens is 316 g/mol. The molecule has 7 heteroatoms. The van der Waals surface area contributed by atoms with E-state index in [2.05, 4.69) is 10.3 Å². The number of amides is 1. The molecule has 0 atom stereocenters. The number of carbonyl (C=O) groups is 1. The molecule has 2 aromatic carbocycles. The fraction of sp³-hybridized carbons (Fsp3) is 0.0625. The fourth-order valence-corrected chi connectivity index (χ4v) is 2.60. The molecule has 3 N–H and O–H groups in total. The number of benzene rings is 2. The van der Waals surface area contributed by atoms with Crippen LogP contribution in [0.25, 0.3) is 16.6 Å². The zero-order chi connectivity index (χ0) is 16.6. The standard InChI is InChI=1S/C16H13ClN4O2/c1-19-15-12-6-5-10(17)8-13(12)21(16(23)20-15)11-4-2-3-9(7-11)14(18)22/h2-8H,1H3,(H2,18,22)(H,19,20,23). The summed E-state index contributed by atoms with van der Waals surface area (Å²) < 4.78 is 1.40. The molecule has 0 bridgehead atoms. The van der Waals surface area contributed by atoms with Gasteiger partial charge >= 0.3 is 5.69 Å². The Labute approximate surface area is 136 Å². The van der Waals surface area contributed by atoms with Gasteiger partial charge in [-0.3, -0.25) is 9.36 Å². The first-order chi connectivity index (χ1) is 11.0. The van der Waals surface area contributed by atoms with Crippen molar-refractivity contribution < 1.29 is 4.79 Å². The molecule has 1 amide bonds. The zero-order valence-corrected chi connectivity index (χ0v) is 13.0. The van der Waals surface area contributed by atoms with E-state index in [1.54, 1.807) is 49.5 Å². The van der Waals surface area contributed by atoms with Gasteiger partial charge < -0.3 is 11.1 Å². The molecule has 1 aromatic heterocycles. The maximum atomic E-state index is 12.5. The number of anilines is 1. The molecule has 0 spiro atoms. The maximum absolute atomic E-state index is 12.5. The molecule has 3 rings (SSSR count). The number of carbonyl (C=O) groups excluding carboxylic acids is 1. The van der Waals surface area contributed by atoms with Gasteiger partial charge in [0.1, 0.15) is 5.82 Å². The molecule has 0 unspecified atom stereocenters. The van der Waals surface area contributed by atoms with Crippen molar-refractivity contribution in [3.8, 4) is 5.69 Å². The molecule has 0 radical (unpaired) electrons. The van der Waals surface area contributed by atoms with Crippen LogP contribution in [0.1, 0.15) is 10.4 Å². The maximum Gasteiger partial charge on any atom is 0.354 e. The summed E-state index contributed by atoms with van der Waals surface area (Å²) in [5.74, 6) is -0.106. The number of halogens is 1. The Morgan fingerprint density at radius 2 is 2.04 bits per heavy atom. The molecule has 0 saturated heterocycles. The number of nitrogens with two attached hydrogens (primary N) is 1. The lowest BCUT2D eigenvalue weighted by Gasteiger charge is -2.13. The van der Waals surface area contributed by atoms with E-state index in [9.17, 15) is 9.59 Å². The van der Waals surface area contributed by atoms with Crippen LogP contribution in [0.4, 0.5) is 5.82 Å². The van der Waals surface area contributed by atoms with Gasteiger partial charge in [-0.15, -0.1) is 0 Å². The number of hydrogen-bond acceptors (Lipinski definition) is 4. The Hall–Kier alpha value is -2.86. The molecule has 23 heavy (non-hydrogen) atoms. The highest BCUT2D eigenvalue weighted by atomic mass is 35.5. The second-order valence-corrected chi connectivity index (χ2v) is 5.34. The third-order valence-electron chi connectivity index (χ3n) is 3.48. The van der Waals surface area contributed by atoms with Gasteiger partial charge in [-0.1, -0.05) is 17.7 Å². The lowest BCUT2D eigenvalue weighted by molar-refractivity contribution is 0.100. The highest BCUT2D eigenvalue weighted by Crippen LogP contribution is 2.25. The molecular formula is C16H13ClN4O2. The summed E-state index contributed by atoms with van der Waals surface area (Å²) in [4.78, 5) is 27.9. The van der Waals surface area contributed by atoms with Crippen LogP contribution in [0.3, 0.4) is 0 Å². The number of hydrogen-bond donors (Lipinski definition) is 2. The monoisotopic (exact) mass is 328 g/mol. The SMILES string of the molecule is CNc1nc(=O)n(-c2cccc(C(N)=O)c2)c2cc(Cl)ccc12. The second kappa shape index (κ2) is 5.73. The van der Waals surface area contributed by atoms with Crippen molar-refractivity contribution in [2.45, 2.75) is 0 Å². The number of aromatic nitrogens is 2. The number of rotatable bonds is 3. The van der Waals surface area contributed by atoms with Crippen LogP contribution in [0, 0.1) is 0 Å². The summed E-state index contributed by atoms with van der Waals surface area (Å²) in [6.45, 7) is 0. The normalized spacial score (nSPS) is 10.7. The van der Waals surface area contributed by atoms with Crippen LogP contribution in [0.2, 0.25) is 5.02 Å². The largest absolute Gasteiger partial charge is 0.372 e. The summed E-state index contributed by atoms with van der Waals surface area (Å²) in [5, 5.41) is 4.12. The lowest BCUT2D eigenvalue weighted by atomic mass is 10.1. The van der Waals surface area contributed by atoms with Gasteiger partial charge in [0, 0.05) is 23.0 Å². The van der Waals surface area contributed by atoms with Crippen molar-refractivity contribution in [1.29, 1.82) is 0 Å². The second-order valence-electron chi connectivity index (χ2n) is 4.90. The highest BCUT2D eigenvalue weighted by molar-refractivity contribution is 6.31.